The molecule has 1 aromatic carbocycles. The van der Waals surface area contributed by atoms with Crippen LogP contribution < -0.4 is 5.73 Å². The van der Waals surface area contributed by atoms with Gasteiger partial charge in [0.25, 0.3) is 5.91 Å². The number of nitrogens with zero attached hydrogens (tertiary/aromatic N) is 4. The van der Waals surface area contributed by atoms with Gasteiger partial charge in [0.15, 0.2) is 0 Å². The summed E-state index contributed by atoms with van der Waals surface area (Å²) in [7, 11) is 2.36. The molecule has 2 N–H and O–H groups in total. The van der Waals surface area contributed by atoms with Gasteiger partial charge in [-0.1, -0.05) is 17.7 Å². The van der Waals surface area contributed by atoms with Crippen molar-refractivity contribution in [3.05, 3.63) is 57.6 Å². The van der Waals surface area contributed by atoms with Crippen molar-refractivity contribution < 1.29 is 17.6 Å². The van der Waals surface area contributed by atoms with Crippen LogP contribution in [-0.2, 0) is 23.0 Å². The Hall–Kier alpha value is -1.98. The lowest BCUT2D eigenvalue weighted by Crippen LogP contribution is -2.26. The predicted octanol–water partition coefficient (Wildman–Crippen LogP) is 2.62. The summed E-state index contributed by atoms with van der Waals surface area (Å²) in [6.07, 6.45) is 1.50. The molecule has 8 nitrogen and oxygen atoms in total. The largest absolute Gasteiger partial charge is 0.343 e. The molecule has 2 rings (SSSR count). The summed E-state index contributed by atoms with van der Waals surface area (Å²) >= 11 is 6.25. The second kappa shape index (κ2) is 11.2. The van der Waals surface area contributed by atoms with Gasteiger partial charge in [0.2, 0.25) is 10.0 Å². The summed E-state index contributed by atoms with van der Waals surface area (Å²) in [4.78, 5) is 14.2. The van der Waals surface area contributed by atoms with E-state index in [1.807, 2.05) is 0 Å². The summed E-state index contributed by atoms with van der Waals surface area (Å²) in [6.45, 7) is 1.56. The Morgan fingerprint density at radius 1 is 1.28 bits per heavy atom. The molecule has 0 aliphatic heterocycles. The third-order valence-electron chi connectivity index (χ3n) is 4.64. The summed E-state index contributed by atoms with van der Waals surface area (Å²) in [5.41, 5.74) is 7.48. The van der Waals surface area contributed by atoms with Gasteiger partial charge in [-0.2, -0.15) is 5.10 Å². The van der Waals surface area contributed by atoms with Crippen LogP contribution in [0.2, 0.25) is 5.02 Å². The monoisotopic (exact) mass is 507 g/mol. The Morgan fingerprint density at radius 2 is 1.91 bits per heavy atom. The minimum atomic E-state index is -3.69. The Balaban J connectivity index is 0.00000512. The zero-order chi connectivity index (χ0) is 23.5. The quantitative estimate of drug-likeness (QED) is 0.591. The van der Waals surface area contributed by atoms with E-state index in [4.69, 9.17) is 17.3 Å². The molecule has 0 unspecified atom stereocenters. The maximum atomic E-state index is 14.1. The number of hydrogen-bond acceptors (Lipinski definition) is 5. The number of sulfonamides is 1. The van der Waals surface area contributed by atoms with Crippen LogP contribution in [-0.4, -0.2) is 68.0 Å². The van der Waals surface area contributed by atoms with Gasteiger partial charge in [-0.15, -0.1) is 12.4 Å². The maximum Gasteiger partial charge on any atom is 0.271 e. The van der Waals surface area contributed by atoms with Crippen molar-refractivity contribution in [2.24, 2.45) is 5.73 Å². The van der Waals surface area contributed by atoms with E-state index in [9.17, 15) is 17.6 Å². The molecule has 178 valence electrons. The molecule has 1 aromatic heterocycles. The first-order valence-electron chi connectivity index (χ1n) is 9.43. The number of carbonyl (C=O) groups is 1. The van der Waals surface area contributed by atoms with E-state index in [0.29, 0.717) is 16.8 Å². The zero-order valence-electron chi connectivity index (χ0n) is 18.6. The molecular formula is C20H28Cl2FN5O3S. The van der Waals surface area contributed by atoms with Gasteiger partial charge in [0, 0.05) is 46.7 Å². The van der Waals surface area contributed by atoms with Gasteiger partial charge < -0.3 is 10.6 Å². The van der Waals surface area contributed by atoms with Crippen molar-refractivity contribution in [3.63, 3.8) is 0 Å². The average molecular weight is 508 g/mol. The fraction of sp³-hybridized carbons (Fsp3) is 0.400. The van der Waals surface area contributed by atoms with E-state index in [1.54, 1.807) is 33.2 Å². The van der Waals surface area contributed by atoms with Crippen LogP contribution in [0, 0.1) is 6.92 Å². The number of halogens is 3. The second-order valence-corrected chi connectivity index (χ2v) is 9.91. The zero-order valence-corrected chi connectivity index (χ0v) is 21.0. The molecular weight excluding hydrogens is 480 g/mol. The topological polar surface area (TPSA) is 102 Å². The number of aryl methyl sites for hydroxylation is 1. The van der Waals surface area contributed by atoms with Crippen LogP contribution in [0.5, 0.6) is 0 Å². The van der Waals surface area contributed by atoms with Crippen molar-refractivity contribution in [2.45, 2.75) is 24.8 Å². The minimum Gasteiger partial charge on any atom is -0.343 e. The Morgan fingerprint density at radius 3 is 2.41 bits per heavy atom. The standard InChI is InChI=1S/C20H27ClFN5O3S.ClH/c1-13-16(10-14-6-7-18(17(21)11-14)31(29,30)26(4)5)19(20(28)25(2)3)27(24-13)12-15(22)8-9-23;/h6-8,11H,9-10,12,23H2,1-5H3;1H/b15-8-;. The summed E-state index contributed by atoms with van der Waals surface area (Å²) in [5, 5.41) is 4.42. The first kappa shape index (κ1) is 28.1. The van der Waals surface area contributed by atoms with Crippen molar-refractivity contribution in [1.29, 1.82) is 0 Å². The van der Waals surface area contributed by atoms with Gasteiger partial charge >= 0.3 is 0 Å². The average Bonchev–Trinajstić information content (AvgIpc) is 2.95. The fourth-order valence-electron chi connectivity index (χ4n) is 3.00. The van der Waals surface area contributed by atoms with E-state index >= 15 is 0 Å². The van der Waals surface area contributed by atoms with Crippen LogP contribution in [0.1, 0.15) is 27.3 Å². The lowest BCUT2D eigenvalue weighted by atomic mass is 10.0. The molecule has 1 amide bonds. The van der Waals surface area contributed by atoms with E-state index < -0.39 is 15.9 Å². The summed E-state index contributed by atoms with van der Waals surface area (Å²) in [6, 6.07) is 4.62. The highest BCUT2D eigenvalue weighted by atomic mass is 35.5. The van der Waals surface area contributed by atoms with E-state index in [-0.39, 0.29) is 53.4 Å². The lowest BCUT2D eigenvalue weighted by Gasteiger charge is -2.15. The highest BCUT2D eigenvalue weighted by Gasteiger charge is 2.25. The number of benzene rings is 1. The van der Waals surface area contributed by atoms with Gasteiger partial charge in [-0.3, -0.25) is 9.48 Å². The van der Waals surface area contributed by atoms with Crippen LogP contribution in [0.3, 0.4) is 0 Å². The number of hydrogen-bond donors (Lipinski definition) is 1. The molecule has 0 aliphatic carbocycles. The van der Waals surface area contributed by atoms with Crippen molar-refractivity contribution >= 4 is 39.9 Å². The van der Waals surface area contributed by atoms with Gasteiger partial charge in [-0.05, 0) is 30.7 Å². The number of carbonyl (C=O) groups excluding carboxylic acids is 1. The SMILES string of the molecule is Cc1nn(C/C(F)=C/CN)c(C(=O)N(C)C)c1Cc1ccc(S(=O)(=O)N(C)C)c(Cl)c1.Cl. The first-order valence-corrected chi connectivity index (χ1v) is 11.2. The molecule has 1 heterocycles. The van der Waals surface area contributed by atoms with Crippen LogP contribution >= 0.6 is 24.0 Å². The van der Waals surface area contributed by atoms with Crippen LogP contribution in [0.25, 0.3) is 0 Å². The van der Waals surface area contributed by atoms with Gasteiger partial charge in [0.05, 0.1) is 17.3 Å². The molecule has 2 aromatic rings. The smallest absolute Gasteiger partial charge is 0.271 e. The number of allylic oxidation sites excluding steroid dienone is 1. The first-order chi connectivity index (χ1) is 14.4. The molecule has 0 bridgehead atoms. The molecule has 0 spiro atoms. The Bertz CT molecular complexity index is 1110. The van der Waals surface area contributed by atoms with Crippen LogP contribution in [0.4, 0.5) is 4.39 Å². The number of rotatable bonds is 8. The Kier molecular flexibility index (Phi) is 9.86. The number of amides is 1. The highest BCUT2D eigenvalue weighted by Crippen LogP contribution is 2.27. The molecule has 32 heavy (non-hydrogen) atoms. The normalized spacial score (nSPS) is 12.1. The van der Waals surface area contributed by atoms with Crippen molar-refractivity contribution in [1.82, 2.24) is 19.0 Å². The fourth-order valence-corrected chi connectivity index (χ4v) is 4.43. The molecule has 0 atom stereocenters. The summed E-state index contributed by atoms with van der Waals surface area (Å²) < 4.78 is 41.3. The van der Waals surface area contributed by atoms with Crippen molar-refractivity contribution in [2.75, 3.05) is 34.7 Å². The molecule has 0 aliphatic rings. The third kappa shape index (κ3) is 6.08. The minimum absolute atomic E-state index is 0. The predicted molar refractivity (Wildman–Crippen MR) is 126 cm³/mol. The number of aromatic nitrogens is 2. The summed E-state index contributed by atoms with van der Waals surface area (Å²) in [5.74, 6) is -0.820. The van der Waals surface area contributed by atoms with Gasteiger partial charge in [-0.25, -0.2) is 17.1 Å². The Labute approximate surface area is 199 Å². The van der Waals surface area contributed by atoms with E-state index in [0.717, 1.165) is 4.31 Å². The molecule has 0 fully saturated rings. The number of nitrogens with two attached hydrogens (primary N) is 1. The highest BCUT2D eigenvalue weighted by molar-refractivity contribution is 7.89. The molecule has 0 saturated heterocycles. The van der Waals surface area contributed by atoms with E-state index in [1.165, 1.54) is 35.8 Å². The molecule has 12 heteroatoms. The van der Waals surface area contributed by atoms with Crippen LogP contribution in [0.15, 0.2) is 35.0 Å². The maximum absolute atomic E-state index is 14.1. The van der Waals surface area contributed by atoms with Crippen molar-refractivity contribution in [3.8, 4) is 0 Å². The lowest BCUT2D eigenvalue weighted by molar-refractivity contribution is 0.0814. The molecule has 0 radical (unpaired) electrons. The second-order valence-electron chi connectivity index (χ2n) is 7.39. The third-order valence-corrected chi connectivity index (χ3v) is 6.93. The van der Waals surface area contributed by atoms with E-state index in [2.05, 4.69) is 5.10 Å². The molecule has 0 saturated carbocycles. The van der Waals surface area contributed by atoms with Gasteiger partial charge in [0.1, 0.15) is 16.4 Å².